The van der Waals surface area contributed by atoms with Crippen molar-refractivity contribution in [3.8, 4) is 0 Å². The highest BCUT2D eigenvalue weighted by molar-refractivity contribution is 5.23. The van der Waals surface area contributed by atoms with Crippen molar-refractivity contribution in [2.45, 2.75) is 52.5 Å². The van der Waals surface area contributed by atoms with E-state index in [0.717, 1.165) is 17.8 Å². The van der Waals surface area contributed by atoms with Crippen LogP contribution in [0.4, 0.5) is 0 Å². The van der Waals surface area contributed by atoms with Crippen LogP contribution >= 0.6 is 0 Å². The second-order valence-electron chi connectivity index (χ2n) is 4.24. The number of hydrogen-bond donors (Lipinski definition) is 2. The lowest BCUT2D eigenvalue weighted by atomic mass is 10.00. The van der Waals surface area contributed by atoms with Crippen molar-refractivity contribution in [1.29, 1.82) is 0 Å². The van der Waals surface area contributed by atoms with E-state index < -0.39 is 0 Å². The van der Waals surface area contributed by atoms with Gasteiger partial charge in [-0.2, -0.15) is 10.2 Å². The molecule has 0 aliphatic heterocycles. The molecule has 1 atom stereocenters. The molecule has 0 aliphatic rings. The van der Waals surface area contributed by atoms with Gasteiger partial charge in [0, 0.05) is 6.04 Å². The van der Waals surface area contributed by atoms with Gasteiger partial charge in [0.05, 0.1) is 11.4 Å². The first kappa shape index (κ1) is 13.1. The summed E-state index contributed by atoms with van der Waals surface area (Å²) in [6.45, 7) is 6.13. The van der Waals surface area contributed by atoms with Crippen molar-refractivity contribution in [1.82, 2.24) is 15.6 Å². The molecule has 4 nitrogen and oxygen atoms in total. The van der Waals surface area contributed by atoms with Gasteiger partial charge in [-0.25, -0.2) is 0 Å². The summed E-state index contributed by atoms with van der Waals surface area (Å²) >= 11 is 0. The van der Waals surface area contributed by atoms with Gasteiger partial charge in [-0.05, 0) is 31.9 Å². The summed E-state index contributed by atoms with van der Waals surface area (Å²) in [5.74, 6) is 5.61. The highest BCUT2D eigenvalue weighted by Crippen LogP contribution is 2.21. The molecular weight excluding hydrogens is 200 g/mol. The van der Waals surface area contributed by atoms with Crippen molar-refractivity contribution >= 4 is 0 Å². The smallest absolute Gasteiger partial charge is 0.0648 e. The number of hydrazine groups is 1. The summed E-state index contributed by atoms with van der Waals surface area (Å²) < 4.78 is 0. The van der Waals surface area contributed by atoms with Gasteiger partial charge in [-0.15, -0.1) is 0 Å². The fraction of sp³-hybridized carbons (Fsp3) is 0.667. The zero-order valence-corrected chi connectivity index (χ0v) is 10.5. The molecule has 3 N–H and O–H groups in total. The Balaban J connectivity index is 2.73. The summed E-state index contributed by atoms with van der Waals surface area (Å²) in [6.07, 6.45) is 4.71. The molecule has 0 aromatic carbocycles. The second-order valence-corrected chi connectivity index (χ2v) is 4.24. The maximum absolute atomic E-state index is 5.61. The number of hydrogen-bond acceptors (Lipinski definition) is 4. The van der Waals surface area contributed by atoms with E-state index in [1.807, 2.05) is 13.8 Å². The molecule has 1 aromatic heterocycles. The van der Waals surface area contributed by atoms with Crippen LogP contribution in [-0.4, -0.2) is 10.2 Å². The number of aromatic nitrogens is 2. The Bertz CT molecular complexity index is 325. The van der Waals surface area contributed by atoms with E-state index in [0.29, 0.717) is 0 Å². The van der Waals surface area contributed by atoms with Crippen LogP contribution in [0.15, 0.2) is 6.07 Å². The third kappa shape index (κ3) is 3.54. The quantitative estimate of drug-likeness (QED) is 0.440. The van der Waals surface area contributed by atoms with Gasteiger partial charge >= 0.3 is 0 Å². The molecule has 90 valence electrons. The largest absolute Gasteiger partial charge is 0.271 e. The molecule has 1 heterocycles. The van der Waals surface area contributed by atoms with Gasteiger partial charge in [0.25, 0.3) is 0 Å². The van der Waals surface area contributed by atoms with Gasteiger partial charge in [0.1, 0.15) is 0 Å². The van der Waals surface area contributed by atoms with E-state index >= 15 is 0 Å². The molecular formula is C12H22N4. The number of aryl methyl sites for hydroxylation is 2. The Morgan fingerprint density at radius 1 is 1.31 bits per heavy atom. The van der Waals surface area contributed by atoms with Crippen molar-refractivity contribution < 1.29 is 0 Å². The lowest BCUT2D eigenvalue weighted by Gasteiger charge is -2.17. The van der Waals surface area contributed by atoms with Gasteiger partial charge < -0.3 is 0 Å². The van der Waals surface area contributed by atoms with Crippen LogP contribution in [-0.2, 0) is 0 Å². The van der Waals surface area contributed by atoms with Gasteiger partial charge in [0.2, 0.25) is 0 Å². The van der Waals surface area contributed by atoms with Crippen LogP contribution in [0, 0.1) is 13.8 Å². The van der Waals surface area contributed by atoms with E-state index in [4.69, 9.17) is 5.84 Å². The van der Waals surface area contributed by atoms with Crippen LogP contribution in [0.25, 0.3) is 0 Å². The Morgan fingerprint density at radius 2 is 2.06 bits per heavy atom. The van der Waals surface area contributed by atoms with E-state index in [9.17, 15) is 0 Å². The fourth-order valence-corrected chi connectivity index (χ4v) is 1.85. The minimum absolute atomic E-state index is 0.195. The van der Waals surface area contributed by atoms with Crippen molar-refractivity contribution in [2.75, 3.05) is 0 Å². The van der Waals surface area contributed by atoms with Crippen LogP contribution < -0.4 is 11.3 Å². The first-order valence-electron chi connectivity index (χ1n) is 5.96. The maximum atomic E-state index is 5.61. The monoisotopic (exact) mass is 222 g/mol. The van der Waals surface area contributed by atoms with E-state index in [2.05, 4.69) is 28.6 Å². The van der Waals surface area contributed by atoms with Crippen molar-refractivity contribution in [3.05, 3.63) is 23.0 Å². The Morgan fingerprint density at radius 3 is 2.69 bits per heavy atom. The summed E-state index contributed by atoms with van der Waals surface area (Å²) in [5, 5.41) is 8.16. The van der Waals surface area contributed by atoms with Crippen LogP contribution in [0.2, 0.25) is 0 Å². The van der Waals surface area contributed by atoms with E-state index in [1.54, 1.807) is 0 Å². The summed E-state index contributed by atoms with van der Waals surface area (Å²) in [4.78, 5) is 0. The second kappa shape index (κ2) is 6.55. The number of rotatable bonds is 6. The van der Waals surface area contributed by atoms with Crippen LogP contribution in [0.3, 0.4) is 0 Å². The SMILES string of the molecule is CCCCCC(NN)c1cc(C)nnc1C. The van der Waals surface area contributed by atoms with Crippen molar-refractivity contribution in [3.63, 3.8) is 0 Å². The molecule has 4 heteroatoms. The highest BCUT2D eigenvalue weighted by atomic mass is 15.2. The standard InChI is InChI=1S/C12H22N4/c1-4-5-6-7-12(14-13)11-8-9(2)15-16-10(11)3/h8,12,14H,4-7,13H2,1-3H3. The lowest BCUT2D eigenvalue weighted by Crippen LogP contribution is -2.29. The van der Waals surface area contributed by atoms with E-state index in [1.165, 1.54) is 24.8 Å². The molecule has 0 bridgehead atoms. The maximum Gasteiger partial charge on any atom is 0.0648 e. The zero-order chi connectivity index (χ0) is 12.0. The van der Waals surface area contributed by atoms with Crippen molar-refractivity contribution in [2.24, 2.45) is 5.84 Å². The molecule has 1 aromatic rings. The number of nitrogens with zero attached hydrogens (tertiary/aromatic N) is 2. The highest BCUT2D eigenvalue weighted by Gasteiger charge is 2.13. The Labute approximate surface area is 97.6 Å². The average Bonchev–Trinajstić information content (AvgIpc) is 2.28. The minimum Gasteiger partial charge on any atom is -0.271 e. The third-order valence-corrected chi connectivity index (χ3v) is 2.81. The summed E-state index contributed by atoms with van der Waals surface area (Å²) in [5.41, 5.74) is 5.95. The molecule has 0 fully saturated rings. The predicted molar refractivity (Wildman–Crippen MR) is 65.7 cm³/mol. The predicted octanol–water partition coefficient (Wildman–Crippen LogP) is 2.18. The number of unbranched alkanes of at least 4 members (excludes halogenated alkanes) is 2. The molecule has 0 aliphatic carbocycles. The Hall–Kier alpha value is -1.00. The topological polar surface area (TPSA) is 63.8 Å². The summed E-state index contributed by atoms with van der Waals surface area (Å²) in [7, 11) is 0. The molecule has 1 unspecified atom stereocenters. The van der Waals surface area contributed by atoms with Crippen LogP contribution in [0.5, 0.6) is 0 Å². The van der Waals surface area contributed by atoms with Gasteiger partial charge in [0.15, 0.2) is 0 Å². The number of nitrogens with two attached hydrogens (primary N) is 1. The average molecular weight is 222 g/mol. The van der Waals surface area contributed by atoms with Gasteiger partial charge in [-0.1, -0.05) is 26.2 Å². The van der Waals surface area contributed by atoms with E-state index in [-0.39, 0.29) is 6.04 Å². The normalized spacial score (nSPS) is 12.8. The molecule has 0 saturated heterocycles. The Kier molecular flexibility index (Phi) is 5.35. The van der Waals surface area contributed by atoms with Crippen LogP contribution in [0.1, 0.15) is 55.6 Å². The first-order chi connectivity index (χ1) is 7.69. The summed E-state index contributed by atoms with van der Waals surface area (Å²) in [6, 6.07) is 2.26. The zero-order valence-electron chi connectivity index (χ0n) is 10.5. The molecule has 0 amide bonds. The molecule has 0 saturated carbocycles. The number of nitrogens with one attached hydrogen (secondary N) is 1. The lowest BCUT2D eigenvalue weighted by molar-refractivity contribution is 0.482. The minimum atomic E-state index is 0.195. The third-order valence-electron chi connectivity index (χ3n) is 2.81. The molecule has 0 spiro atoms. The molecule has 1 rings (SSSR count). The molecule has 0 radical (unpaired) electrons. The molecule has 16 heavy (non-hydrogen) atoms. The van der Waals surface area contributed by atoms with Gasteiger partial charge in [-0.3, -0.25) is 11.3 Å². The fourth-order valence-electron chi connectivity index (χ4n) is 1.85. The first-order valence-corrected chi connectivity index (χ1v) is 5.96.